The summed E-state index contributed by atoms with van der Waals surface area (Å²) >= 11 is 6.09. The predicted octanol–water partition coefficient (Wildman–Crippen LogP) is 3.56. The molecule has 7 nitrogen and oxygen atoms in total. The van der Waals surface area contributed by atoms with Crippen molar-refractivity contribution in [3.05, 3.63) is 52.5 Å². The molecule has 8 heteroatoms. The van der Waals surface area contributed by atoms with Crippen molar-refractivity contribution in [2.75, 3.05) is 53.7 Å². The second-order valence-electron chi connectivity index (χ2n) is 7.06. The Labute approximate surface area is 188 Å². The number of nitrogens with one attached hydrogen (secondary N) is 1. The van der Waals surface area contributed by atoms with Gasteiger partial charge in [-0.05, 0) is 42.8 Å². The van der Waals surface area contributed by atoms with Gasteiger partial charge in [-0.3, -0.25) is 9.69 Å². The molecule has 31 heavy (non-hydrogen) atoms. The molecule has 3 rings (SSSR count). The van der Waals surface area contributed by atoms with Gasteiger partial charge in [-0.2, -0.15) is 0 Å². The predicted molar refractivity (Wildman–Crippen MR) is 120 cm³/mol. The number of morpholine rings is 1. The van der Waals surface area contributed by atoms with Gasteiger partial charge in [-0.1, -0.05) is 17.7 Å². The molecule has 0 aliphatic carbocycles. The van der Waals surface area contributed by atoms with Crippen LogP contribution in [0.15, 0.2) is 36.4 Å². The summed E-state index contributed by atoms with van der Waals surface area (Å²) in [5, 5.41) is 3.52. The number of methoxy groups -OCH3 is 2. The summed E-state index contributed by atoms with van der Waals surface area (Å²) in [4.78, 5) is 15.2. The molecule has 1 amide bonds. The summed E-state index contributed by atoms with van der Waals surface area (Å²) in [5.74, 6) is 1.60. The number of nitrogens with zero attached hydrogens (tertiary/aromatic N) is 1. The lowest BCUT2D eigenvalue weighted by Gasteiger charge is -2.35. The number of rotatable bonds is 9. The van der Waals surface area contributed by atoms with Crippen LogP contribution in [0.25, 0.3) is 0 Å². The number of hydrogen-bond acceptors (Lipinski definition) is 6. The normalized spacial score (nSPS) is 15.2. The number of hydrogen-bond donors (Lipinski definition) is 1. The summed E-state index contributed by atoms with van der Waals surface area (Å²) in [6.07, 6.45) is 0. The zero-order chi connectivity index (χ0) is 22.2. The molecule has 0 spiro atoms. The van der Waals surface area contributed by atoms with Gasteiger partial charge in [0.05, 0.1) is 45.6 Å². The summed E-state index contributed by atoms with van der Waals surface area (Å²) in [5.41, 5.74) is 1.43. The summed E-state index contributed by atoms with van der Waals surface area (Å²) in [6, 6.07) is 10.8. The SMILES string of the molecule is CCOc1ccc([C@@H](CNC(=O)c2cc(Cl)ccc2OC)N2CCOCC2)cc1OC. The van der Waals surface area contributed by atoms with Crippen molar-refractivity contribution in [1.82, 2.24) is 10.2 Å². The number of halogens is 1. The van der Waals surface area contributed by atoms with Crippen LogP contribution >= 0.6 is 11.6 Å². The Morgan fingerprint density at radius 1 is 1.10 bits per heavy atom. The van der Waals surface area contributed by atoms with Gasteiger partial charge in [0.15, 0.2) is 11.5 Å². The van der Waals surface area contributed by atoms with Crippen molar-refractivity contribution >= 4 is 17.5 Å². The molecule has 0 aromatic heterocycles. The Morgan fingerprint density at radius 2 is 1.81 bits per heavy atom. The first-order chi connectivity index (χ1) is 15.1. The molecule has 1 saturated heterocycles. The third kappa shape index (κ3) is 5.81. The summed E-state index contributed by atoms with van der Waals surface area (Å²) < 4.78 is 22.0. The van der Waals surface area contributed by atoms with E-state index in [1.165, 1.54) is 7.11 Å². The highest BCUT2D eigenvalue weighted by Gasteiger charge is 2.25. The smallest absolute Gasteiger partial charge is 0.255 e. The van der Waals surface area contributed by atoms with Gasteiger partial charge in [0.25, 0.3) is 5.91 Å². The van der Waals surface area contributed by atoms with E-state index in [1.807, 2.05) is 25.1 Å². The van der Waals surface area contributed by atoms with E-state index in [1.54, 1.807) is 25.3 Å². The van der Waals surface area contributed by atoms with Gasteiger partial charge >= 0.3 is 0 Å². The molecule has 0 radical (unpaired) electrons. The maximum Gasteiger partial charge on any atom is 0.255 e. The summed E-state index contributed by atoms with van der Waals surface area (Å²) in [6.45, 7) is 5.75. The van der Waals surface area contributed by atoms with E-state index in [0.717, 1.165) is 18.7 Å². The second kappa shape index (κ2) is 11.2. The maximum atomic E-state index is 12.9. The molecule has 2 aromatic carbocycles. The zero-order valence-electron chi connectivity index (χ0n) is 18.2. The highest BCUT2D eigenvalue weighted by Crippen LogP contribution is 2.32. The third-order valence-electron chi connectivity index (χ3n) is 5.22. The minimum Gasteiger partial charge on any atom is -0.496 e. The fourth-order valence-electron chi connectivity index (χ4n) is 3.66. The van der Waals surface area contributed by atoms with Crippen LogP contribution in [0, 0.1) is 0 Å². The van der Waals surface area contributed by atoms with E-state index in [9.17, 15) is 4.79 Å². The van der Waals surface area contributed by atoms with E-state index < -0.39 is 0 Å². The highest BCUT2D eigenvalue weighted by atomic mass is 35.5. The molecule has 1 N–H and O–H groups in total. The molecule has 1 aliphatic rings. The van der Waals surface area contributed by atoms with E-state index in [0.29, 0.717) is 54.2 Å². The quantitative estimate of drug-likeness (QED) is 0.632. The average molecular weight is 449 g/mol. The van der Waals surface area contributed by atoms with E-state index in [-0.39, 0.29) is 11.9 Å². The lowest BCUT2D eigenvalue weighted by Crippen LogP contribution is -2.43. The van der Waals surface area contributed by atoms with E-state index in [2.05, 4.69) is 10.2 Å². The topological polar surface area (TPSA) is 69.3 Å². The van der Waals surface area contributed by atoms with Crippen LogP contribution in [0.4, 0.5) is 0 Å². The number of benzene rings is 2. The van der Waals surface area contributed by atoms with Gasteiger partial charge in [0, 0.05) is 24.7 Å². The highest BCUT2D eigenvalue weighted by molar-refractivity contribution is 6.31. The molecule has 2 aromatic rings. The molecular weight excluding hydrogens is 420 g/mol. The van der Waals surface area contributed by atoms with Gasteiger partial charge in [-0.25, -0.2) is 0 Å². The molecule has 1 atom stereocenters. The van der Waals surface area contributed by atoms with Crippen LogP contribution in [-0.4, -0.2) is 64.5 Å². The van der Waals surface area contributed by atoms with Crippen LogP contribution in [0.2, 0.25) is 5.02 Å². The Hall–Kier alpha value is -2.48. The molecule has 0 bridgehead atoms. The minimum atomic E-state index is -0.240. The lowest BCUT2D eigenvalue weighted by atomic mass is 10.0. The first-order valence-corrected chi connectivity index (χ1v) is 10.7. The van der Waals surface area contributed by atoms with Crippen LogP contribution < -0.4 is 19.5 Å². The number of amides is 1. The first-order valence-electron chi connectivity index (χ1n) is 10.3. The minimum absolute atomic E-state index is 0.0531. The van der Waals surface area contributed by atoms with Crippen LogP contribution in [0.1, 0.15) is 28.9 Å². The summed E-state index contributed by atoms with van der Waals surface area (Å²) in [7, 11) is 3.15. The molecular formula is C23H29ClN2O5. The number of ether oxygens (including phenoxy) is 4. The third-order valence-corrected chi connectivity index (χ3v) is 5.46. The molecule has 168 valence electrons. The molecule has 1 fully saturated rings. The second-order valence-corrected chi connectivity index (χ2v) is 7.50. The van der Waals surface area contributed by atoms with E-state index >= 15 is 0 Å². The van der Waals surface area contributed by atoms with Gasteiger partial charge in [0.1, 0.15) is 5.75 Å². The zero-order valence-corrected chi connectivity index (χ0v) is 18.9. The van der Waals surface area contributed by atoms with Crippen molar-refractivity contribution in [3.63, 3.8) is 0 Å². The Bertz CT molecular complexity index is 886. The molecule has 1 heterocycles. The maximum absolute atomic E-state index is 12.9. The molecule has 1 aliphatic heterocycles. The average Bonchev–Trinajstić information content (AvgIpc) is 2.80. The van der Waals surface area contributed by atoms with Crippen LogP contribution in [0.5, 0.6) is 17.2 Å². The van der Waals surface area contributed by atoms with Gasteiger partial charge < -0.3 is 24.3 Å². The monoisotopic (exact) mass is 448 g/mol. The fraction of sp³-hybridized carbons (Fsp3) is 0.435. The number of carbonyl (C=O) groups excluding carboxylic acids is 1. The fourth-order valence-corrected chi connectivity index (χ4v) is 3.83. The lowest BCUT2D eigenvalue weighted by molar-refractivity contribution is 0.0162. The van der Waals surface area contributed by atoms with Crippen molar-refractivity contribution in [3.8, 4) is 17.2 Å². The van der Waals surface area contributed by atoms with Crippen molar-refractivity contribution < 1.29 is 23.7 Å². The Balaban J connectivity index is 1.83. The Kier molecular flexibility index (Phi) is 8.40. The van der Waals surface area contributed by atoms with Crippen LogP contribution in [0.3, 0.4) is 0 Å². The molecule has 0 saturated carbocycles. The van der Waals surface area contributed by atoms with E-state index in [4.69, 9.17) is 30.5 Å². The van der Waals surface area contributed by atoms with Crippen molar-refractivity contribution in [2.24, 2.45) is 0 Å². The molecule has 0 unspecified atom stereocenters. The van der Waals surface area contributed by atoms with Crippen molar-refractivity contribution in [1.29, 1.82) is 0 Å². The van der Waals surface area contributed by atoms with Crippen molar-refractivity contribution in [2.45, 2.75) is 13.0 Å². The van der Waals surface area contributed by atoms with Gasteiger partial charge in [-0.15, -0.1) is 0 Å². The van der Waals surface area contributed by atoms with Crippen LogP contribution in [-0.2, 0) is 4.74 Å². The Morgan fingerprint density at radius 3 is 2.48 bits per heavy atom. The first kappa shape index (κ1) is 23.2. The van der Waals surface area contributed by atoms with Gasteiger partial charge in [0.2, 0.25) is 0 Å². The largest absolute Gasteiger partial charge is 0.496 e. The standard InChI is InChI=1S/C23H29ClN2O5/c1-4-31-21-7-5-16(13-22(21)29-3)19(26-9-11-30-12-10-26)15-25-23(27)18-14-17(24)6-8-20(18)28-2/h5-8,13-14,19H,4,9-12,15H2,1-3H3,(H,25,27)/t19-/m1/s1. The number of carbonyl (C=O) groups is 1.